The minimum absolute atomic E-state index is 0.220. The topological polar surface area (TPSA) is 87.7 Å². The lowest BCUT2D eigenvalue weighted by molar-refractivity contribution is -0.138. The van der Waals surface area contributed by atoms with Crippen LogP contribution >= 0.6 is 0 Å². The second-order valence-corrected chi connectivity index (χ2v) is 10.7. The number of benzene rings is 2. The Balaban J connectivity index is 1.93. The Kier molecular flexibility index (Phi) is 8.92. The first-order valence-corrected chi connectivity index (χ1v) is 12.6. The van der Waals surface area contributed by atoms with Crippen LogP contribution in [0.5, 0.6) is 0 Å². The van der Waals surface area contributed by atoms with Gasteiger partial charge in [0.25, 0.3) is 0 Å². The Morgan fingerprint density at radius 2 is 1.74 bits per heavy atom. The lowest BCUT2D eigenvalue weighted by Gasteiger charge is -2.30. The molecule has 7 nitrogen and oxygen atoms in total. The maximum Gasteiger partial charge on any atom is 0.416 e. The Bertz CT molecular complexity index is 1220. The molecule has 2 aromatic carbocycles. The molecule has 0 spiro atoms. The number of rotatable bonds is 6. The zero-order chi connectivity index (χ0) is 29.1. The molecule has 0 aliphatic carbocycles. The summed E-state index contributed by atoms with van der Waals surface area (Å²) in [5.41, 5.74) is -1.41. The molecule has 2 N–H and O–H groups in total. The van der Waals surface area contributed by atoms with Gasteiger partial charge >= 0.3 is 12.3 Å². The van der Waals surface area contributed by atoms with Gasteiger partial charge in [-0.15, -0.1) is 0 Å². The minimum atomic E-state index is -4.90. The van der Waals surface area contributed by atoms with E-state index in [0.717, 1.165) is 17.7 Å². The van der Waals surface area contributed by atoms with Crippen molar-refractivity contribution in [2.45, 2.75) is 83.8 Å². The second kappa shape index (κ2) is 11.6. The number of nitrogens with one attached hydrogen (secondary N) is 2. The standard InChI is InChI=1S/C28H33F4N3O4/c1-16(2)35-23-12-7-6-9-17(23)13-14-21(25(35)37)33-24(36)22(34-26(38)39-27(3,4)5)15-18-19(28(30,31)32)10-8-11-20(18)29/h6-12,16,21-22H,13-15H2,1-5H3,(H,33,36)(H,34,38). The van der Waals surface area contributed by atoms with Crippen molar-refractivity contribution in [1.82, 2.24) is 10.6 Å². The quantitative estimate of drug-likeness (QED) is 0.486. The van der Waals surface area contributed by atoms with E-state index in [1.807, 2.05) is 26.0 Å². The van der Waals surface area contributed by atoms with Gasteiger partial charge in [-0.1, -0.05) is 24.3 Å². The van der Waals surface area contributed by atoms with Crippen molar-refractivity contribution in [3.8, 4) is 0 Å². The van der Waals surface area contributed by atoms with E-state index < -0.39 is 65.1 Å². The van der Waals surface area contributed by atoms with E-state index in [9.17, 15) is 31.9 Å². The first kappa shape index (κ1) is 29.9. The molecule has 1 aliphatic rings. The number of alkyl halides is 3. The van der Waals surface area contributed by atoms with E-state index >= 15 is 0 Å². The molecule has 0 radical (unpaired) electrons. The van der Waals surface area contributed by atoms with Crippen molar-refractivity contribution < 1.29 is 36.7 Å². The molecule has 39 heavy (non-hydrogen) atoms. The van der Waals surface area contributed by atoms with Crippen LogP contribution < -0.4 is 15.5 Å². The van der Waals surface area contributed by atoms with Crippen LogP contribution in [0.15, 0.2) is 42.5 Å². The lowest BCUT2D eigenvalue weighted by atomic mass is 9.98. The highest BCUT2D eigenvalue weighted by Gasteiger charge is 2.38. The first-order valence-electron chi connectivity index (χ1n) is 12.6. The van der Waals surface area contributed by atoms with Crippen LogP contribution in [0, 0.1) is 5.82 Å². The van der Waals surface area contributed by atoms with Gasteiger partial charge in [0.15, 0.2) is 0 Å². The van der Waals surface area contributed by atoms with Crippen LogP contribution in [0.1, 0.15) is 57.7 Å². The molecule has 3 amide bonds. The smallest absolute Gasteiger partial charge is 0.416 e. The number of fused-ring (bicyclic) bond motifs is 1. The molecule has 2 aromatic rings. The van der Waals surface area contributed by atoms with Crippen LogP contribution in [-0.2, 0) is 33.3 Å². The number of ether oxygens (including phenoxy) is 1. The predicted octanol–water partition coefficient (Wildman–Crippen LogP) is 5.15. The highest BCUT2D eigenvalue weighted by atomic mass is 19.4. The van der Waals surface area contributed by atoms with Gasteiger partial charge in [0, 0.05) is 23.7 Å². The van der Waals surface area contributed by atoms with E-state index in [2.05, 4.69) is 10.6 Å². The minimum Gasteiger partial charge on any atom is -0.444 e. The van der Waals surface area contributed by atoms with Crippen molar-refractivity contribution in [1.29, 1.82) is 0 Å². The van der Waals surface area contributed by atoms with Crippen molar-refractivity contribution in [2.24, 2.45) is 0 Å². The second-order valence-electron chi connectivity index (χ2n) is 10.7. The molecule has 212 valence electrons. The zero-order valence-electron chi connectivity index (χ0n) is 22.5. The number of aryl methyl sites for hydroxylation is 1. The number of alkyl carbamates (subject to hydrolysis) is 1. The number of hydrogen-bond acceptors (Lipinski definition) is 4. The Morgan fingerprint density at radius 3 is 2.36 bits per heavy atom. The number of carbonyl (C=O) groups excluding carboxylic acids is 3. The third-order valence-electron chi connectivity index (χ3n) is 6.16. The Labute approximate surface area is 224 Å². The number of halogens is 4. The van der Waals surface area contributed by atoms with Gasteiger partial charge in [-0.25, -0.2) is 9.18 Å². The maximum atomic E-state index is 14.6. The van der Waals surface area contributed by atoms with E-state index in [0.29, 0.717) is 18.2 Å². The molecule has 0 saturated carbocycles. The fraction of sp³-hybridized carbons (Fsp3) is 0.464. The monoisotopic (exact) mass is 551 g/mol. The molecular formula is C28H33F4N3O4. The predicted molar refractivity (Wildman–Crippen MR) is 138 cm³/mol. The average molecular weight is 552 g/mol. The van der Waals surface area contributed by atoms with E-state index in [-0.39, 0.29) is 12.5 Å². The third kappa shape index (κ3) is 7.48. The van der Waals surface area contributed by atoms with Crippen LogP contribution in [0.2, 0.25) is 0 Å². The SMILES string of the molecule is CC(C)N1C(=O)C(NC(=O)C(Cc2c(F)cccc2C(F)(F)F)NC(=O)OC(C)(C)C)CCc2ccccc21. The fourth-order valence-electron chi connectivity index (χ4n) is 4.50. The van der Waals surface area contributed by atoms with Crippen molar-refractivity contribution in [3.63, 3.8) is 0 Å². The van der Waals surface area contributed by atoms with Crippen LogP contribution in [0.25, 0.3) is 0 Å². The van der Waals surface area contributed by atoms with E-state index in [4.69, 9.17) is 4.74 Å². The van der Waals surface area contributed by atoms with Gasteiger partial charge in [0.1, 0.15) is 23.5 Å². The van der Waals surface area contributed by atoms with Crippen molar-refractivity contribution in [2.75, 3.05) is 4.90 Å². The normalized spacial score (nSPS) is 16.8. The van der Waals surface area contributed by atoms with Gasteiger partial charge in [-0.2, -0.15) is 13.2 Å². The van der Waals surface area contributed by atoms with Crippen molar-refractivity contribution >= 4 is 23.6 Å². The molecule has 1 aliphatic heterocycles. The summed E-state index contributed by atoms with van der Waals surface area (Å²) in [6, 6.07) is 6.85. The van der Waals surface area contributed by atoms with Gasteiger partial charge in [-0.05, 0) is 71.2 Å². The molecule has 2 atom stereocenters. The van der Waals surface area contributed by atoms with Crippen LogP contribution in [0.3, 0.4) is 0 Å². The summed E-state index contributed by atoms with van der Waals surface area (Å²) in [5.74, 6) is -2.52. The summed E-state index contributed by atoms with van der Waals surface area (Å²) in [6.45, 7) is 8.36. The number of para-hydroxylation sites is 1. The number of anilines is 1. The highest BCUT2D eigenvalue weighted by molar-refractivity contribution is 6.01. The zero-order valence-corrected chi connectivity index (χ0v) is 22.5. The molecular weight excluding hydrogens is 518 g/mol. The fourth-order valence-corrected chi connectivity index (χ4v) is 4.50. The van der Waals surface area contributed by atoms with Crippen LogP contribution in [0.4, 0.5) is 28.0 Å². The summed E-state index contributed by atoms with van der Waals surface area (Å²) in [4.78, 5) is 41.0. The average Bonchev–Trinajstić information content (AvgIpc) is 2.94. The number of carbonyl (C=O) groups is 3. The third-order valence-corrected chi connectivity index (χ3v) is 6.16. The molecule has 1 heterocycles. The largest absolute Gasteiger partial charge is 0.444 e. The molecule has 0 fully saturated rings. The van der Waals surface area contributed by atoms with Crippen LogP contribution in [-0.4, -0.2) is 41.6 Å². The molecule has 11 heteroatoms. The highest BCUT2D eigenvalue weighted by Crippen LogP contribution is 2.34. The molecule has 0 bridgehead atoms. The number of hydrogen-bond donors (Lipinski definition) is 2. The summed E-state index contributed by atoms with van der Waals surface area (Å²) in [5, 5.41) is 4.86. The summed E-state index contributed by atoms with van der Waals surface area (Å²) in [7, 11) is 0. The summed E-state index contributed by atoms with van der Waals surface area (Å²) in [6.07, 6.45) is -6.12. The Hall–Kier alpha value is -3.63. The van der Waals surface area contributed by atoms with Gasteiger partial charge in [0.05, 0.1) is 5.56 Å². The van der Waals surface area contributed by atoms with Crippen molar-refractivity contribution in [3.05, 3.63) is 65.0 Å². The van der Waals surface area contributed by atoms with E-state index in [1.54, 1.807) is 37.8 Å². The number of nitrogens with zero attached hydrogens (tertiary/aromatic N) is 1. The van der Waals surface area contributed by atoms with Gasteiger partial charge in [-0.3, -0.25) is 9.59 Å². The summed E-state index contributed by atoms with van der Waals surface area (Å²) >= 11 is 0. The van der Waals surface area contributed by atoms with E-state index in [1.165, 1.54) is 0 Å². The molecule has 2 unspecified atom stereocenters. The molecule has 0 aromatic heterocycles. The molecule has 3 rings (SSSR count). The number of amides is 3. The first-order chi connectivity index (χ1) is 18.1. The lowest BCUT2D eigenvalue weighted by Crippen LogP contribution is -2.56. The maximum absolute atomic E-state index is 14.6. The molecule has 0 saturated heterocycles. The van der Waals surface area contributed by atoms with Gasteiger partial charge in [0.2, 0.25) is 11.8 Å². The summed E-state index contributed by atoms with van der Waals surface area (Å²) < 4.78 is 60.8. The Morgan fingerprint density at radius 1 is 1.08 bits per heavy atom. The van der Waals surface area contributed by atoms with Gasteiger partial charge < -0.3 is 20.3 Å².